The summed E-state index contributed by atoms with van der Waals surface area (Å²) in [4.78, 5) is 26.4. The maximum absolute atomic E-state index is 12.2. The highest BCUT2D eigenvalue weighted by molar-refractivity contribution is 8.23. The highest BCUT2D eigenvalue weighted by atomic mass is 32.2. The van der Waals surface area contributed by atoms with Crippen molar-refractivity contribution in [1.29, 1.82) is 0 Å². The number of carbonyl (C=O) groups excluding carboxylic acids is 2. The summed E-state index contributed by atoms with van der Waals surface area (Å²) < 4.78 is 0.764. The molecular formula is C18H25N3O2S2. The second kappa shape index (κ2) is 9.20. The third-order valence-electron chi connectivity index (χ3n) is 4.18. The van der Waals surface area contributed by atoms with Gasteiger partial charge in [0.05, 0.1) is 11.8 Å². The van der Waals surface area contributed by atoms with Gasteiger partial charge in [-0.15, -0.1) is 0 Å². The summed E-state index contributed by atoms with van der Waals surface area (Å²) in [5.41, 5.74) is 2.80. The maximum atomic E-state index is 12.2. The Hall–Kier alpha value is -1.60. The molecule has 1 fully saturated rings. The SMILES string of the molecule is Cc1cccc(C)c1NC(=O)CNC(=O)[C@@H](C)SC(=S)N1CCCC1. The van der Waals surface area contributed by atoms with Crippen LogP contribution in [-0.4, -0.2) is 45.9 Å². The second-order valence-electron chi connectivity index (χ2n) is 6.25. The van der Waals surface area contributed by atoms with Crippen molar-refractivity contribution < 1.29 is 9.59 Å². The molecule has 0 aliphatic carbocycles. The highest BCUT2D eigenvalue weighted by Crippen LogP contribution is 2.21. The number of aryl methyl sites for hydroxylation is 2. The van der Waals surface area contributed by atoms with E-state index in [1.165, 1.54) is 11.8 Å². The summed E-state index contributed by atoms with van der Waals surface area (Å²) in [5.74, 6) is -0.409. The molecule has 0 bridgehead atoms. The molecule has 0 spiro atoms. The van der Waals surface area contributed by atoms with Crippen LogP contribution in [-0.2, 0) is 9.59 Å². The molecule has 1 aromatic rings. The molecule has 0 radical (unpaired) electrons. The molecule has 136 valence electrons. The number of carbonyl (C=O) groups is 2. The molecule has 5 nitrogen and oxygen atoms in total. The zero-order chi connectivity index (χ0) is 18.4. The van der Waals surface area contributed by atoms with E-state index >= 15 is 0 Å². The van der Waals surface area contributed by atoms with E-state index in [1.807, 2.05) is 39.0 Å². The number of rotatable bonds is 5. The van der Waals surface area contributed by atoms with E-state index in [1.54, 1.807) is 0 Å². The number of thioether (sulfide) groups is 1. The average molecular weight is 380 g/mol. The molecule has 2 N–H and O–H groups in total. The zero-order valence-electron chi connectivity index (χ0n) is 14.9. The van der Waals surface area contributed by atoms with Crippen LogP contribution in [0.3, 0.4) is 0 Å². The van der Waals surface area contributed by atoms with Gasteiger partial charge in [-0.05, 0) is 44.7 Å². The van der Waals surface area contributed by atoms with Crippen molar-refractivity contribution in [2.75, 3.05) is 25.0 Å². The monoisotopic (exact) mass is 379 g/mol. The number of nitrogens with zero attached hydrogens (tertiary/aromatic N) is 1. The van der Waals surface area contributed by atoms with E-state index in [0.29, 0.717) is 0 Å². The standard InChI is InChI=1S/C18H25N3O2S2/c1-12-7-6-8-13(2)16(12)20-15(22)11-19-17(23)14(3)25-18(24)21-9-4-5-10-21/h6-8,14H,4-5,9-11H2,1-3H3,(H,19,23)(H,20,22)/t14-/m1/s1. The Morgan fingerprint density at radius 2 is 1.84 bits per heavy atom. The van der Waals surface area contributed by atoms with Crippen molar-refractivity contribution in [3.8, 4) is 0 Å². The molecule has 1 aromatic carbocycles. The summed E-state index contributed by atoms with van der Waals surface area (Å²) >= 11 is 6.77. The third-order valence-corrected chi connectivity index (χ3v) is 5.75. The number of anilines is 1. The Morgan fingerprint density at radius 1 is 1.24 bits per heavy atom. The Morgan fingerprint density at radius 3 is 2.44 bits per heavy atom. The summed E-state index contributed by atoms with van der Waals surface area (Å²) in [5, 5.41) is 5.23. The molecular weight excluding hydrogens is 354 g/mol. The Labute approximate surface area is 158 Å². The maximum Gasteiger partial charge on any atom is 0.243 e. The summed E-state index contributed by atoms with van der Waals surface area (Å²) in [6.45, 7) is 7.59. The van der Waals surface area contributed by atoms with E-state index in [4.69, 9.17) is 12.2 Å². The van der Waals surface area contributed by atoms with E-state index in [9.17, 15) is 9.59 Å². The van der Waals surface area contributed by atoms with Crippen LogP contribution in [0.15, 0.2) is 18.2 Å². The molecule has 1 aliphatic rings. The van der Waals surface area contributed by atoms with Crippen LogP contribution in [0.1, 0.15) is 30.9 Å². The third kappa shape index (κ3) is 5.71. The number of hydrogen-bond acceptors (Lipinski definition) is 4. The van der Waals surface area contributed by atoms with Crippen molar-refractivity contribution >= 4 is 45.8 Å². The molecule has 1 heterocycles. The highest BCUT2D eigenvalue weighted by Gasteiger charge is 2.21. The topological polar surface area (TPSA) is 61.4 Å². The van der Waals surface area contributed by atoms with Gasteiger partial charge in [0.2, 0.25) is 11.8 Å². The lowest BCUT2D eigenvalue weighted by Gasteiger charge is -2.20. The summed E-state index contributed by atoms with van der Waals surface area (Å²) in [6.07, 6.45) is 2.31. The van der Waals surface area contributed by atoms with Gasteiger partial charge in [-0.25, -0.2) is 0 Å². The van der Waals surface area contributed by atoms with Gasteiger partial charge < -0.3 is 15.5 Å². The molecule has 0 aromatic heterocycles. The van der Waals surface area contributed by atoms with Crippen molar-refractivity contribution in [1.82, 2.24) is 10.2 Å². The average Bonchev–Trinajstić information content (AvgIpc) is 3.10. The smallest absolute Gasteiger partial charge is 0.243 e. The van der Waals surface area contributed by atoms with Crippen molar-refractivity contribution in [2.45, 2.75) is 38.9 Å². The number of benzene rings is 1. The van der Waals surface area contributed by atoms with E-state index in [2.05, 4.69) is 15.5 Å². The number of amides is 2. The number of hydrogen-bond donors (Lipinski definition) is 2. The fraction of sp³-hybridized carbons (Fsp3) is 0.500. The van der Waals surface area contributed by atoms with Crippen LogP contribution in [0.5, 0.6) is 0 Å². The molecule has 2 amide bonds. The first-order chi connectivity index (χ1) is 11.9. The van der Waals surface area contributed by atoms with Crippen LogP contribution >= 0.6 is 24.0 Å². The number of thiocarbonyl (C=S) groups is 1. The predicted octanol–water partition coefficient (Wildman–Crippen LogP) is 2.86. The van der Waals surface area contributed by atoms with E-state index < -0.39 is 0 Å². The molecule has 1 saturated heterocycles. The van der Waals surface area contributed by atoms with Crippen LogP contribution < -0.4 is 10.6 Å². The molecule has 1 atom stereocenters. The fourth-order valence-corrected chi connectivity index (χ4v) is 4.13. The number of para-hydroxylation sites is 1. The Bertz CT molecular complexity index is 637. The van der Waals surface area contributed by atoms with Crippen molar-refractivity contribution in [2.24, 2.45) is 0 Å². The summed E-state index contributed by atoms with van der Waals surface area (Å²) in [6, 6.07) is 5.84. The van der Waals surface area contributed by atoms with Gasteiger partial charge in [0, 0.05) is 18.8 Å². The minimum Gasteiger partial charge on any atom is -0.358 e. The Kier molecular flexibility index (Phi) is 7.25. The lowest BCUT2D eigenvalue weighted by atomic mass is 10.1. The normalized spacial score (nSPS) is 14.9. The molecule has 25 heavy (non-hydrogen) atoms. The van der Waals surface area contributed by atoms with Gasteiger partial charge in [0.25, 0.3) is 0 Å². The zero-order valence-corrected chi connectivity index (χ0v) is 16.6. The minimum absolute atomic E-state index is 0.0476. The predicted molar refractivity (Wildman–Crippen MR) is 108 cm³/mol. The molecule has 0 saturated carbocycles. The van der Waals surface area contributed by atoms with Gasteiger partial charge >= 0.3 is 0 Å². The van der Waals surface area contributed by atoms with Gasteiger partial charge in [-0.1, -0.05) is 42.2 Å². The van der Waals surface area contributed by atoms with Gasteiger partial charge in [-0.2, -0.15) is 0 Å². The molecule has 0 unspecified atom stereocenters. The van der Waals surface area contributed by atoms with Crippen LogP contribution in [0.25, 0.3) is 0 Å². The molecule has 2 rings (SSSR count). The van der Waals surface area contributed by atoms with Crippen LogP contribution in [0.2, 0.25) is 0 Å². The first kappa shape index (κ1) is 19.7. The van der Waals surface area contributed by atoms with Crippen molar-refractivity contribution in [3.05, 3.63) is 29.3 Å². The first-order valence-corrected chi connectivity index (χ1v) is 9.76. The lowest BCUT2D eigenvalue weighted by molar-refractivity contribution is -0.123. The van der Waals surface area contributed by atoms with Gasteiger partial charge in [-0.3, -0.25) is 9.59 Å². The lowest BCUT2D eigenvalue weighted by Crippen LogP contribution is -2.38. The van der Waals surface area contributed by atoms with E-state index in [-0.39, 0.29) is 23.6 Å². The van der Waals surface area contributed by atoms with Crippen LogP contribution in [0, 0.1) is 13.8 Å². The summed E-state index contributed by atoms with van der Waals surface area (Å²) in [7, 11) is 0. The van der Waals surface area contributed by atoms with Crippen molar-refractivity contribution in [3.63, 3.8) is 0 Å². The largest absolute Gasteiger partial charge is 0.358 e. The van der Waals surface area contributed by atoms with Crippen LogP contribution in [0.4, 0.5) is 5.69 Å². The number of likely N-dealkylation sites (tertiary alicyclic amines) is 1. The Balaban J connectivity index is 1.78. The second-order valence-corrected chi connectivity index (χ2v) is 8.23. The molecule has 7 heteroatoms. The first-order valence-electron chi connectivity index (χ1n) is 8.48. The minimum atomic E-state index is -0.318. The van der Waals surface area contributed by atoms with Gasteiger partial charge in [0.15, 0.2) is 0 Å². The quantitative estimate of drug-likeness (QED) is 0.771. The fourth-order valence-electron chi connectivity index (χ4n) is 2.69. The van der Waals surface area contributed by atoms with Gasteiger partial charge in [0.1, 0.15) is 4.32 Å². The van der Waals surface area contributed by atoms with E-state index in [0.717, 1.165) is 47.1 Å². The number of nitrogens with one attached hydrogen (secondary N) is 2. The molecule has 1 aliphatic heterocycles.